The molecular weight excluding hydrogens is 443 g/mol. The Labute approximate surface area is 173 Å². The lowest BCUT2D eigenvalue weighted by molar-refractivity contribution is 0.102. The molecule has 2 aromatic heterocycles. The topological polar surface area (TPSA) is 59.8 Å². The SMILES string of the molecule is Cn1ccnc1-c1sc(NC(=O)c2ccc(F)cc2Br)nc1-c1ccccc1. The summed E-state index contributed by atoms with van der Waals surface area (Å²) in [6.45, 7) is 0. The van der Waals surface area contributed by atoms with Gasteiger partial charge in [0.05, 0.1) is 16.1 Å². The lowest BCUT2D eigenvalue weighted by atomic mass is 10.1. The fraction of sp³-hybridized carbons (Fsp3) is 0.0500. The molecule has 2 aromatic carbocycles. The van der Waals surface area contributed by atoms with E-state index in [2.05, 4.69) is 31.2 Å². The molecule has 8 heteroatoms. The molecule has 0 aliphatic heterocycles. The molecule has 0 saturated heterocycles. The van der Waals surface area contributed by atoms with Gasteiger partial charge in [-0.2, -0.15) is 0 Å². The molecule has 1 N–H and O–H groups in total. The van der Waals surface area contributed by atoms with Crippen LogP contribution >= 0.6 is 27.3 Å². The summed E-state index contributed by atoms with van der Waals surface area (Å²) in [4.78, 5) is 22.5. The summed E-state index contributed by atoms with van der Waals surface area (Å²) in [5, 5.41) is 3.25. The van der Waals surface area contributed by atoms with Crippen molar-refractivity contribution in [2.45, 2.75) is 0 Å². The van der Waals surface area contributed by atoms with Crippen molar-refractivity contribution in [1.29, 1.82) is 0 Å². The predicted molar refractivity (Wildman–Crippen MR) is 112 cm³/mol. The number of rotatable bonds is 4. The highest BCUT2D eigenvalue weighted by atomic mass is 79.9. The lowest BCUT2D eigenvalue weighted by Gasteiger charge is -2.04. The van der Waals surface area contributed by atoms with Crippen molar-refractivity contribution in [2.24, 2.45) is 7.05 Å². The molecule has 0 saturated carbocycles. The molecule has 0 aliphatic carbocycles. The maximum atomic E-state index is 13.3. The lowest BCUT2D eigenvalue weighted by Crippen LogP contribution is -2.12. The van der Waals surface area contributed by atoms with Gasteiger partial charge in [0.2, 0.25) is 0 Å². The van der Waals surface area contributed by atoms with Crippen molar-refractivity contribution in [1.82, 2.24) is 14.5 Å². The minimum Gasteiger partial charge on any atom is -0.333 e. The van der Waals surface area contributed by atoms with Crippen LogP contribution in [0.15, 0.2) is 65.4 Å². The first kappa shape index (κ1) is 18.5. The number of imidazole rings is 1. The first-order valence-electron chi connectivity index (χ1n) is 8.33. The fourth-order valence-electron chi connectivity index (χ4n) is 2.74. The third kappa shape index (κ3) is 3.61. The standard InChI is InChI=1S/C20H14BrFN4OS/c1-26-10-9-23-18(26)17-16(12-5-3-2-4-6-12)24-20(28-17)25-19(27)14-8-7-13(22)11-15(14)21/h2-11H,1H3,(H,24,25,27). The van der Waals surface area contributed by atoms with Gasteiger partial charge in [-0.3, -0.25) is 10.1 Å². The molecule has 0 atom stereocenters. The Morgan fingerprint density at radius 3 is 2.68 bits per heavy atom. The number of hydrogen-bond acceptors (Lipinski definition) is 4. The van der Waals surface area contributed by atoms with Gasteiger partial charge in [-0.15, -0.1) is 0 Å². The molecule has 0 unspecified atom stereocenters. The van der Waals surface area contributed by atoms with Crippen LogP contribution in [-0.4, -0.2) is 20.4 Å². The van der Waals surface area contributed by atoms with Crippen LogP contribution in [0, 0.1) is 5.82 Å². The molecular formula is C20H14BrFN4OS. The van der Waals surface area contributed by atoms with E-state index in [1.165, 1.54) is 29.5 Å². The van der Waals surface area contributed by atoms with Crippen molar-refractivity contribution < 1.29 is 9.18 Å². The van der Waals surface area contributed by atoms with Crippen LogP contribution in [0.4, 0.5) is 9.52 Å². The monoisotopic (exact) mass is 456 g/mol. The van der Waals surface area contributed by atoms with E-state index in [0.29, 0.717) is 15.2 Å². The van der Waals surface area contributed by atoms with Gasteiger partial charge in [0.25, 0.3) is 5.91 Å². The second-order valence-electron chi connectivity index (χ2n) is 6.00. The number of carbonyl (C=O) groups excluding carboxylic acids is 1. The number of aromatic nitrogens is 3. The van der Waals surface area contributed by atoms with Crippen LogP contribution in [-0.2, 0) is 7.05 Å². The Morgan fingerprint density at radius 2 is 2.00 bits per heavy atom. The number of thiazole rings is 1. The second kappa shape index (κ2) is 7.65. The summed E-state index contributed by atoms with van der Waals surface area (Å²) in [7, 11) is 1.91. The van der Waals surface area contributed by atoms with Crippen molar-refractivity contribution >= 4 is 38.3 Å². The highest BCUT2D eigenvalue weighted by Gasteiger charge is 2.20. The van der Waals surface area contributed by atoms with Gasteiger partial charge in [-0.25, -0.2) is 14.4 Å². The largest absolute Gasteiger partial charge is 0.333 e. The first-order valence-corrected chi connectivity index (χ1v) is 9.94. The van der Waals surface area contributed by atoms with Crippen molar-refractivity contribution in [3.8, 4) is 22.0 Å². The number of aryl methyl sites for hydroxylation is 1. The number of nitrogens with one attached hydrogen (secondary N) is 1. The Balaban J connectivity index is 1.73. The summed E-state index contributed by atoms with van der Waals surface area (Å²) in [6, 6.07) is 13.7. The third-order valence-corrected chi connectivity index (χ3v) is 5.72. The molecule has 4 rings (SSSR count). The first-order chi connectivity index (χ1) is 13.5. The Bertz CT molecular complexity index is 1160. The molecule has 0 spiro atoms. The van der Waals surface area contributed by atoms with E-state index in [-0.39, 0.29) is 5.91 Å². The molecule has 0 fully saturated rings. The molecule has 5 nitrogen and oxygen atoms in total. The number of halogens is 2. The summed E-state index contributed by atoms with van der Waals surface area (Å²) >= 11 is 4.57. The maximum absolute atomic E-state index is 13.3. The normalized spacial score (nSPS) is 10.8. The molecule has 28 heavy (non-hydrogen) atoms. The molecule has 2 heterocycles. The Morgan fingerprint density at radius 1 is 1.21 bits per heavy atom. The molecule has 0 aliphatic rings. The number of benzene rings is 2. The van der Waals surface area contributed by atoms with E-state index in [9.17, 15) is 9.18 Å². The highest BCUT2D eigenvalue weighted by molar-refractivity contribution is 9.10. The van der Waals surface area contributed by atoms with Gasteiger partial charge in [-0.05, 0) is 34.1 Å². The smallest absolute Gasteiger partial charge is 0.258 e. The average Bonchev–Trinajstić information content (AvgIpc) is 3.28. The van der Waals surface area contributed by atoms with E-state index in [1.54, 1.807) is 6.20 Å². The highest BCUT2D eigenvalue weighted by Crippen LogP contribution is 2.38. The fourth-order valence-corrected chi connectivity index (χ4v) is 4.29. The Hall–Kier alpha value is -2.84. The summed E-state index contributed by atoms with van der Waals surface area (Å²) in [5.41, 5.74) is 2.00. The summed E-state index contributed by atoms with van der Waals surface area (Å²) in [6.07, 6.45) is 3.58. The quantitative estimate of drug-likeness (QED) is 0.449. The van der Waals surface area contributed by atoms with Gasteiger partial charge in [0, 0.05) is 29.5 Å². The van der Waals surface area contributed by atoms with E-state index in [0.717, 1.165) is 22.0 Å². The van der Waals surface area contributed by atoms with E-state index in [4.69, 9.17) is 0 Å². The molecule has 0 bridgehead atoms. The number of amides is 1. The van der Waals surface area contributed by atoms with Gasteiger partial charge >= 0.3 is 0 Å². The van der Waals surface area contributed by atoms with Crippen LogP contribution in [0.25, 0.3) is 22.0 Å². The summed E-state index contributed by atoms with van der Waals surface area (Å²) < 4.78 is 15.6. The number of hydrogen-bond donors (Lipinski definition) is 1. The predicted octanol–water partition coefficient (Wildman–Crippen LogP) is 5.36. The van der Waals surface area contributed by atoms with Crippen molar-refractivity contribution in [3.63, 3.8) is 0 Å². The van der Waals surface area contributed by atoms with Crippen LogP contribution in [0.5, 0.6) is 0 Å². The minimum absolute atomic E-state index is 0.330. The zero-order valence-electron chi connectivity index (χ0n) is 14.7. The summed E-state index contributed by atoms with van der Waals surface area (Å²) in [5.74, 6) is -0.0208. The number of nitrogens with zero attached hydrogens (tertiary/aromatic N) is 3. The van der Waals surface area contributed by atoms with Gasteiger partial charge < -0.3 is 4.57 Å². The van der Waals surface area contributed by atoms with Gasteiger partial charge in [0.1, 0.15) is 5.82 Å². The zero-order chi connectivity index (χ0) is 19.7. The average molecular weight is 457 g/mol. The Kier molecular flexibility index (Phi) is 5.06. The van der Waals surface area contributed by atoms with Gasteiger partial charge in [-0.1, -0.05) is 41.7 Å². The van der Waals surface area contributed by atoms with Crippen LogP contribution in [0.1, 0.15) is 10.4 Å². The van der Waals surface area contributed by atoms with Crippen molar-refractivity contribution in [3.05, 3.63) is 76.8 Å². The minimum atomic E-state index is -0.416. The van der Waals surface area contributed by atoms with Crippen LogP contribution < -0.4 is 5.32 Å². The second-order valence-corrected chi connectivity index (χ2v) is 7.86. The zero-order valence-corrected chi connectivity index (χ0v) is 17.1. The van der Waals surface area contributed by atoms with Crippen LogP contribution in [0.2, 0.25) is 0 Å². The molecule has 140 valence electrons. The molecule has 4 aromatic rings. The molecule has 1 amide bonds. The van der Waals surface area contributed by atoms with E-state index in [1.807, 2.05) is 48.1 Å². The van der Waals surface area contributed by atoms with E-state index < -0.39 is 5.82 Å². The maximum Gasteiger partial charge on any atom is 0.258 e. The third-order valence-electron chi connectivity index (χ3n) is 4.09. The number of carbonyl (C=O) groups is 1. The molecule has 0 radical (unpaired) electrons. The van der Waals surface area contributed by atoms with E-state index >= 15 is 0 Å². The van der Waals surface area contributed by atoms with Gasteiger partial charge in [0.15, 0.2) is 11.0 Å². The van der Waals surface area contributed by atoms with Crippen LogP contribution in [0.3, 0.4) is 0 Å². The van der Waals surface area contributed by atoms with Crippen molar-refractivity contribution in [2.75, 3.05) is 5.32 Å². The number of anilines is 1.